The molecule has 0 radical (unpaired) electrons. The molecule has 2 heterocycles. The van der Waals surface area contributed by atoms with Gasteiger partial charge in [-0.25, -0.2) is 0 Å². The fraction of sp³-hybridized carbons (Fsp3) is 0. The van der Waals surface area contributed by atoms with E-state index in [2.05, 4.69) is 20.4 Å². The second-order valence-corrected chi connectivity index (χ2v) is 2.72. The fourth-order valence-electron chi connectivity index (χ4n) is 0.808. The van der Waals surface area contributed by atoms with Gasteiger partial charge in [0.2, 0.25) is 0 Å². The lowest BCUT2D eigenvalue weighted by Gasteiger charge is -1.86. The molecule has 0 fully saturated rings. The summed E-state index contributed by atoms with van der Waals surface area (Å²) >= 11 is 11.3. The standard InChI is InChI=1S/C5H2Cl2N4/c6-3-1-2-4(8-3)5(7)10-11-9-2/h1,8H. The third kappa shape index (κ3) is 1.04. The largest absolute Gasteiger partial charge is 0.342 e. The number of rotatable bonds is 0. The number of nitrogens with one attached hydrogen (secondary N) is 1. The molecule has 2 aromatic rings. The Kier molecular flexibility index (Phi) is 1.44. The third-order valence-corrected chi connectivity index (χ3v) is 1.72. The first-order valence-corrected chi connectivity index (χ1v) is 3.56. The number of halogens is 2. The van der Waals surface area contributed by atoms with Crippen molar-refractivity contribution >= 4 is 34.2 Å². The van der Waals surface area contributed by atoms with Crippen molar-refractivity contribution in [1.82, 2.24) is 20.4 Å². The number of hydrogen-bond donors (Lipinski definition) is 1. The first kappa shape index (κ1) is 6.82. The summed E-state index contributed by atoms with van der Waals surface area (Å²) in [7, 11) is 0. The highest BCUT2D eigenvalue weighted by molar-refractivity contribution is 6.35. The number of aromatic nitrogens is 4. The van der Waals surface area contributed by atoms with Gasteiger partial charge in [-0.3, -0.25) is 0 Å². The summed E-state index contributed by atoms with van der Waals surface area (Å²) in [5.41, 5.74) is 1.24. The van der Waals surface area contributed by atoms with Crippen molar-refractivity contribution in [2.75, 3.05) is 0 Å². The minimum atomic E-state index is 0.280. The molecule has 0 atom stereocenters. The molecule has 2 rings (SSSR count). The molecule has 0 aromatic carbocycles. The van der Waals surface area contributed by atoms with Gasteiger partial charge in [0.1, 0.15) is 16.2 Å². The van der Waals surface area contributed by atoms with E-state index in [1.54, 1.807) is 6.07 Å². The van der Waals surface area contributed by atoms with Gasteiger partial charge in [0.05, 0.1) is 0 Å². The molecular weight excluding hydrogens is 187 g/mol. The summed E-state index contributed by atoms with van der Waals surface area (Å²) in [5, 5.41) is 11.4. The zero-order valence-electron chi connectivity index (χ0n) is 5.17. The SMILES string of the molecule is Clc1cc2nnnc(Cl)c2[nH]1. The van der Waals surface area contributed by atoms with Crippen LogP contribution in [0.1, 0.15) is 0 Å². The molecule has 6 heteroatoms. The van der Waals surface area contributed by atoms with Gasteiger partial charge in [0.25, 0.3) is 0 Å². The molecule has 1 N–H and O–H groups in total. The maximum atomic E-state index is 5.67. The van der Waals surface area contributed by atoms with Crippen LogP contribution in [0.4, 0.5) is 0 Å². The van der Waals surface area contributed by atoms with E-state index >= 15 is 0 Å². The van der Waals surface area contributed by atoms with E-state index in [4.69, 9.17) is 23.2 Å². The van der Waals surface area contributed by atoms with E-state index in [9.17, 15) is 0 Å². The summed E-state index contributed by atoms with van der Waals surface area (Å²) < 4.78 is 0. The molecule has 2 aromatic heterocycles. The van der Waals surface area contributed by atoms with Crippen LogP contribution in [-0.2, 0) is 0 Å². The van der Waals surface area contributed by atoms with E-state index in [0.717, 1.165) is 0 Å². The molecule has 0 spiro atoms. The van der Waals surface area contributed by atoms with Crippen LogP contribution in [0.2, 0.25) is 10.3 Å². The molecule has 0 aliphatic heterocycles. The Labute approximate surface area is 71.5 Å². The molecular formula is C5H2Cl2N4. The maximum absolute atomic E-state index is 5.67. The predicted molar refractivity (Wildman–Crippen MR) is 41.7 cm³/mol. The lowest BCUT2D eigenvalue weighted by atomic mass is 10.5. The van der Waals surface area contributed by atoms with Crippen molar-refractivity contribution in [1.29, 1.82) is 0 Å². The van der Waals surface area contributed by atoms with Crippen LogP contribution >= 0.6 is 23.2 Å². The van der Waals surface area contributed by atoms with Crippen LogP contribution in [0.5, 0.6) is 0 Å². The summed E-state index contributed by atoms with van der Waals surface area (Å²) in [6, 6.07) is 1.64. The minimum absolute atomic E-state index is 0.280. The van der Waals surface area contributed by atoms with Gasteiger partial charge in [0.15, 0.2) is 5.15 Å². The average molecular weight is 189 g/mol. The monoisotopic (exact) mass is 188 g/mol. The van der Waals surface area contributed by atoms with Gasteiger partial charge in [-0.15, -0.1) is 10.2 Å². The Balaban J connectivity index is 2.90. The Morgan fingerprint density at radius 2 is 2.09 bits per heavy atom. The van der Waals surface area contributed by atoms with E-state index in [1.807, 2.05) is 0 Å². The third-order valence-electron chi connectivity index (χ3n) is 1.26. The molecule has 0 saturated heterocycles. The first-order chi connectivity index (χ1) is 5.27. The number of fused-ring (bicyclic) bond motifs is 1. The van der Waals surface area contributed by atoms with Gasteiger partial charge in [0, 0.05) is 6.07 Å². The Bertz CT molecular complexity index is 396. The highest BCUT2D eigenvalue weighted by Gasteiger charge is 2.04. The summed E-state index contributed by atoms with van der Waals surface area (Å²) in [6.45, 7) is 0. The van der Waals surface area contributed by atoms with Crippen LogP contribution < -0.4 is 0 Å². The van der Waals surface area contributed by atoms with Gasteiger partial charge < -0.3 is 4.98 Å². The van der Waals surface area contributed by atoms with Gasteiger partial charge in [-0.2, -0.15) is 0 Å². The highest BCUT2D eigenvalue weighted by atomic mass is 35.5. The Hall–Kier alpha value is -0.870. The van der Waals surface area contributed by atoms with E-state index in [0.29, 0.717) is 16.2 Å². The normalized spacial score (nSPS) is 10.7. The zero-order valence-corrected chi connectivity index (χ0v) is 6.69. The van der Waals surface area contributed by atoms with Crippen molar-refractivity contribution in [2.45, 2.75) is 0 Å². The first-order valence-electron chi connectivity index (χ1n) is 2.80. The second-order valence-electron chi connectivity index (χ2n) is 1.96. The minimum Gasteiger partial charge on any atom is -0.342 e. The smallest absolute Gasteiger partial charge is 0.179 e. The van der Waals surface area contributed by atoms with Crippen molar-refractivity contribution < 1.29 is 0 Å². The van der Waals surface area contributed by atoms with Crippen LogP contribution in [-0.4, -0.2) is 20.4 Å². The predicted octanol–water partition coefficient (Wildman–Crippen LogP) is 1.66. The Morgan fingerprint density at radius 3 is 2.82 bits per heavy atom. The lowest BCUT2D eigenvalue weighted by Crippen LogP contribution is -1.86. The van der Waals surface area contributed by atoms with E-state index in [1.165, 1.54) is 0 Å². The number of aromatic amines is 1. The zero-order chi connectivity index (χ0) is 7.84. The van der Waals surface area contributed by atoms with Crippen LogP contribution in [0.25, 0.3) is 11.0 Å². The van der Waals surface area contributed by atoms with Crippen molar-refractivity contribution in [3.8, 4) is 0 Å². The van der Waals surface area contributed by atoms with Gasteiger partial charge in [-0.05, 0) is 5.21 Å². The average Bonchev–Trinajstić information content (AvgIpc) is 2.31. The number of hydrogen-bond acceptors (Lipinski definition) is 3. The van der Waals surface area contributed by atoms with Crippen molar-refractivity contribution in [3.63, 3.8) is 0 Å². The van der Waals surface area contributed by atoms with E-state index < -0.39 is 0 Å². The number of nitrogens with zero attached hydrogens (tertiary/aromatic N) is 3. The molecule has 0 unspecified atom stereocenters. The molecule has 0 aliphatic carbocycles. The van der Waals surface area contributed by atoms with Crippen molar-refractivity contribution in [2.24, 2.45) is 0 Å². The second kappa shape index (κ2) is 2.32. The molecule has 0 bridgehead atoms. The Morgan fingerprint density at radius 1 is 1.27 bits per heavy atom. The van der Waals surface area contributed by atoms with Gasteiger partial charge >= 0.3 is 0 Å². The van der Waals surface area contributed by atoms with Crippen molar-refractivity contribution in [3.05, 3.63) is 16.4 Å². The maximum Gasteiger partial charge on any atom is 0.179 e. The molecule has 4 nitrogen and oxygen atoms in total. The van der Waals surface area contributed by atoms with Crippen LogP contribution in [0, 0.1) is 0 Å². The lowest BCUT2D eigenvalue weighted by molar-refractivity contribution is 0.895. The quantitative estimate of drug-likeness (QED) is 0.685. The highest BCUT2D eigenvalue weighted by Crippen LogP contribution is 2.20. The molecule has 56 valence electrons. The van der Waals surface area contributed by atoms with Gasteiger partial charge in [-0.1, -0.05) is 23.2 Å². The molecule has 0 saturated carbocycles. The van der Waals surface area contributed by atoms with E-state index in [-0.39, 0.29) is 5.15 Å². The molecule has 11 heavy (non-hydrogen) atoms. The van der Waals surface area contributed by atoms with Crippen LogP contribution in [0.15, 0.2) is 6.07 Å². The summed E-state index contributed by atoms with van der Waals surface area (Å²) in [6.07, 6.45) is 0. The molecule has 0 aliphatic rings. The summed E-state index contributed by atoms with van der Waals surface area (Å²) in [4.78, 5) is 2.80. The van der Waals surface area contributed by atoms with Crippen LogP contribution in [0.3, 0.4) is 0 Å². The number of H-pyrrole nitrogens is 1. The fourth-order valence-corrected chi connectivity index (χ4v) is 1.18. The molecule has 0 amide bonds. The summed E-state index contributed by atoms with van der Waals surface area (Å²) in [5.74, 6) is 0. The topological polar surface area (TPSA) is 54.5 Å².